The number of carbonyl (C=O) groups excluding carboxylic acids is 1. The lowest BCUT2D eigenvalue weighted by molar-refractivity contribution is 0.0936. The largest absolute Gasteiger partial charge is 0.490 e. The van der Waals surface area contributed by atoms with Crippen molar-refractivity contribution in [1.82, 2.24) is 5.32 Å². The molecule has 0 bridgehead atoms. The van der Waals surface area contributed by atoms with Gasteiger partial charge in [-0.3, -0.25) is 4.79 Å². The SMILES string of the molecule is CC(CCCO)NC(=O)c1ccc2c(c1)OCCCO2. The minimum Gasteiger partial charge on any atom is -0.490 e. The standard InChI is InChI=1S/C15H21NO4/c1-11(4-2-7-17)16-15(18)12-5-6-13-14(10-12)20-9-3-8-19-13/h5-6,10-11,17H,2-4,7-9H2,1H3,(H,16,18). The number of carbonyl (C=O) groups is 1. The average molecular weight is 279 g/mol. The molecule has 1 amide bonds. The molecule has 5 heteroatoms. The van der Waals surface area contributed by atoms with Crippen LogP contribution in [0.2, 0.25) is 0 Å². The van der Waals surface area contributed by atoms with Crippen molar-refractivity contribution in [3.8, 4) is 11.5 Å². The molecule has 20 heavy (non-hydrogen) atoms. The highest BCUT2D eigenvalue weighted by Crippen LogP contribution is 2.30. The maximum Gasteiger partial charge on any atom is 0.251 e. The molecule has 0 spiro atoms. The van der Waals surface area contributed by atoms with Gasteiger partial charge in [0.1, 0.15) is 0 Å². The molecule has 0 fully saturated rings. The Morgan fingerprint density at radius 1 is 1.35 bits per heavy atom. The van der Waals surface area contributed by atoms with Crippen LogP contribution in [0.25, 0.3) is 0 Å². The molecule has 0 aliphatic carbocycles. The van der Waals surface area contributed by atoms with Crippen molar-refractivity contribution in [2.45, 2.75) is 32.2 Å². The lowest BCUT2D eigenvalue weighted by Crippen LogP contribution is -2.32. The third kappa shape index (κ3) is 3.87. The fourth-order valence-electron chi connectivity index (χ4n) is 2.08. The summed E-state index contributed by atoms with van der Waals surface area (Å²) in [6.45, 7) is 3.31. The first-order valence-electron chi connectivity index (χ1n) is 7.02. The second-order valence-corrected chi connectivity index (χ2v) is 4.95. The number of hydrogen-bond acceptors (Lipinski definition) is 4. The summed E-state index contributed by atoms with van der Waals surface area (Å²) in [7, 11) is 0. The average Bonchev–Trinajstić information content (AvgIpc) is 2.69. The van der Waals surface area contributed by atoms with E-state index in [0.717, 1.165) is 12.8 Å². The summed E-state index contributed by atoms with van der Waals surface area (Å²) >= 11 is 0. The summed E-state index contributed by atoms with van der Waals surface area (Å²) in [6.07, 6.45) is 2.28. The van der Waals surface area contributed by atoms with Crippen molar-refractivity contribution in [1.29, 1.82) is 0 Å². The molecule has 5 nitrogen and oxygen atoms in total. The number of aliphatic hydroxyl groups excluding tert-OH is 1. The maximum atomic E-state index is 12.1. The summed E-state index contributed by atoms with van der Waals surface area (Å²) < 4.78 is 11.1. The zero-order valence-electron chi connectivity index (χ0n) is 11.7. The topological polar surface area (TPSA) is 67.8 Å². The van der Waals surface area contributed by atoms with Crippen LogP contribution in [0.1, 0.15) is 36.5 Å². The van der Waals surface area contributed by atoms with E-state index in [4.69, 9.17) is 14.6 Å². The predicted octanol–water partition coefficient (Wildman–Crippen LogP) is 1.74. The van der Waals surface area contributed by atoms with Gasteiger partial charge in [0.15, 0.2) is 11.5 Å². The van der Waals surface area contributed by atoms with Crippen molar-refractivity contribution < 1.29 is 19.4 Å². The molecule has 2 rings (SSSR count). The first-order valence-corrected chi connectivity index (χ1v) is 7.02. The minimum absolute atomic E-state index is 0.0330. The van der Waals surface area contributed by atoms with E-state index in [1.807, 2.05) is 6.92 Å². The van der Waals surface area contributed by atoms with Crippen molar-refractivity contribution in [2.24, 2.45) is 0 Å². The van der Waals surface area contributed by atoms with Crippen molar-refractivity contribution >= 4 is 5.91 Å². The third-order valence-corrected chi connectivity index (χ3v) is 3.18. The van der Waals surface area contributed by atoms with Gasteiger partial charge < -0.3 is 19.9 Å². The molecule has 1 aliphatic heterocycles. The lowest BCUT2D eigenvalue weighted by atomic mass is 10.1. The van der Waals surface area contributed by atoms with Gasteiger partial charge >= 0.3 is 0 Å². The summed E-state index contributed by atoms with van der Waals surface area (Å²) in [4.78, 5) is 12.1. The van der Waals surface area contributed by atoms with Crippen molar-refractivity contribution in [3.05, 3.63) is 23.8 Å². The number of nitrogens with one attached hydrogen (secondary N) is 1. The van der Waals surface area contributed by atoms with Gasteiger partial charge in [0.2, 0.25) is 0 Å². The Hall–Kier alpha value is -1.75. The minimum atomic E-state index is -0.133. The van der Waals surface area contributed by atoms with E-state index in [0.29, 0.717) is 36.7 Å². The Bertz CT molecular complexity index is 461. The molecule has 2 N–H and O–H groups in total. The number of aliphatic hydroxyl groups is 1. The molecular formula is C15H21NO4. The van der Waals surface area contributed by atoms with Gasteiger partial charge in [-0.15, -0.1) is 0 Å². The Balaban J connectivity index is 2.01. The first kappa shape index (κ1) is 14.7. The Labute approximate surface area is 118 Å². The second kappa shape index (κ2) is 7.14. The van der Waals surface area contributed by atoms with Gasteiger partial charge in [-0.2, -0.15) is 0 Å². The van der Waals surface area contributed by atoms with Gasteiger partial charge in [0.25, 0.3) is 5.91 Å². The normalized spacial score (nSPS) is 15.3. The van der Waals surface area contributed by atoms with E-state index in [1.54, 1.807) is 18.2 Å². The fraction of sp³-hybridized carbons (Fsp3) is 0.533. The second-order valence-electron chi connectivity index (χ2n) is 4.95. The van der Waals surface area contributed by atoms with Gasteiger partial charge in [-0.25, -0.2) is 0 Å². The van der Waals surface area contributed by atoms with Gasteiger partial charge in [-0.1, -0.05) is 0 Å². The molecule has 110 valence electrons. The molecule has 1 aliphatic rings. The highest BCUT2D eigenvalue weighted by atomic mass is 16.5. The Morgan fingerprint density at radius 2 is 2.10 bits per heavy atom. The Kier molecular flexibility index (Phi) is 5.24. The van der Waals surface area contributed by atoms with E-state index in [2.05, 4.69) is 5.32 Å². The van der Waals surface area contributed by atoms with Crippen LogP contribution in [0.3, 0.4) is 0 Å². The van der Waals surface area contributed by atoms with Crippen LogP contribution in [0.5, 0.6) is 11.5 Å². The molecule has 1 aromatic rings. The van der Waals surface area contributed by atoms with Crippen LogP contribution in [-0.4, -0.2) is 36.9 Å². The quantitative estimate of drug-likeness (QED) is 0.861. The molecule has 1 heterocycles. The van der Waals surface area contributed by atoms with E-state index in [1.165, 1.54) is 0 Å². The third-order valence-electron chi connectivity index (χ3n) is 3.18. The van der Waals surface area contributed by atoms with Gasteiger partial charge in [-0.05, 0) is 38.0 Å². The van der Waals surface area contributed by atoms with Crippen LogP contribution in [0, 0.1) is 0 Å². The smallest absolute Gasteiger partial charge is 0.251 e. The van der Waals surface area contributed by atoms with E-state index in [9.17, 15) is 4.79 Å². The lowest BCUT2D eigenvalue weighted by Gasteiger charge is -2.14. The van der Waals surface area contributed by atoms with Gasteiger partial charge in [0, 0.05) is 24.6 Å². The van der Waals surface area contributed by atoms with Crippen LogP contribution < -0.4 is 14.8 Å². The van der Waals surface area contributed by atoms with Crippen molar-refractivity contribution in [2.75, 3.05) is 19.8 Å². The molecule has 1 atom stereocenters. The molecule has 0 radical (unpaired) electrons. The number of ether oxygens (including phenoxy) is 2. The number of hydrogen-bond donors (Lipinski definition) is 2. The van der Waals surface area contributed by atoms with Crippen LogP contribution in [0.4, 0.5) is 0 Å². The molecule has 0 saturated heterocycles. The van der Waals surface area contributed by atoms with Gasteiger partial charge in [0.05, 0.1) is 13.2 Å². The van der Waals surface area contributed by atoms with E-state index >= 15 is 0 Å². The van der Waals surface area contributed by atoms with Crippen LogP contribution in [0.15, 0.2) is 18.2 Å². The predicted molar refractivity (Wildman–Crippen MR) is 75.3 cm³/mol. The highest BCUT2D eigenvalue weighted by molar-refractivity contribution is 5.95. The summed E-state index contributed by atoms with van der Waals surface area (Å²) in [5, 5.41) is 11.7. The van der Waals surface area contributed by atoms with E-state index < -0.39 is 0 Å². The Morgan fingerprint density at radius 3 is 2.85 bits per heavy atom. The number of fused-ring (bicyclic) bond motifs is 1. The van der Waals surface area contributed by atoms with Crippen LogP contribution >= 0.6 is 0 Å². The zero-order valence-corrected chi connectivity index (χ0v) is 11.7. The summed E-state index contributed by atoms with van der Waals surface area (Å²) in [6, 6.07) is 5.26. The fourth-order valence-corrected chi connectivity index (χ4v) is 2.08. The number of rotatable bonds is 5. The van der Waals surface area contributed by atoms with Crippen LogP contribution in [-0.2, 0) is 0 Å². The monoisotopic (exact) mass is 279 g/mol. The molecular weight excluding hydrogens is 258 g/mol. The van der Waals surface area contributed by atoms with E-state index in [-0.39, 0.29) is 18.6 Å². The molecule has 1 aromatic carbocycles. The molecule has 1 unspecified atom stereocenters. The molecule has 0 saturated carbocycles. The number of amides is 1. The highest BCUT2D eigenvalue weighted by Gasteiger charge is 2.15. The summed E-state index contributed by atoms with van der Waals surface area (Å²) in [5.41, 5.74) is 0.560. The number of benzene rings is 1. The molecule has 0 aromatic heterocycles. The maximum absolute atomic E-state index is 12.1. The first-order chi connectivity index (χ1) is 9.70. The van der Waals surface area contributed by atoms with Crippen molar-refractivity contribution in [3.63, 3.8) is 0 Å². The summed E-state index contributed by atoms with van der Waals surface area (Å²) in [5.74, 6) is 1.18. The zero-order chi connectivity index (χ0) is 14.4.